The second-order valence-electron chi connectivity index (χ2n) is 4.37. The smallest absolute Gasteiger partial charge is 0.335 e. The van der Waals surface area contributed by atoms with Gasteiger partial charge in [0.1, 0.15) is 7.11 Å². The molecule has 5 heteroatoms. The van der Waals surface area contributed by atoms with Crippen molar-refractivity contribution in [1.29, 1.82) is 0 Å². The molecule has 2 rings (SSSR count). The maximum absolute atomic E-state index is 11.3. The Hall–Kier alpha value is -2.33. The predicted octanol–water partition coefficient (Wildman–Crippen LogP) is 3.63. The number of aromatic carboxylic acids is 1. The highest BCUT2D eigenvalue weighted by Crippen LogP contribution is 2.16. The van der Waals surface area contributed by atoms with E-state index >= 15 is 0 Å². The van der Waals surface area contributed by atoms with Gasteiger partial charge in [-0.1, -0.05) is 47.1 Å². The molecule has 108 valence electrons. The molecule has 0 aliphatic carbocycles. The van der Waals surface area contributed by atoms with E-state index in [0.717, 1.165) is 5.56 Å². The zero-order chi connectivity index (χ0) is 15.2. The lowest BCUT2D eigenvalue weighted by molar-refractivity contribution is 0.0696. The van der Waals surface area contributed by atoms with Gasteiger partial charge in [-0.15, -0.1) is 0 Å². The maximum Gasteiger partial charge on any atom is 0.335 e. The van der Waals surface area contributed by atoms with Crippen LogP contribution in [0.15, 0.2) is 53.7 Å². The van der Waals surface area contributed by atoms with Crippen molar-refractivity contribution >= 4 is 23.3 Å². The molecule has 0 saturated carbocycles. The molecule has 0 aromatic heterocycles. The quantitative estimate of drug-likeness (QED) is 0.678. The topological polar surface area (TPSA) is 58.9 Å². The summed E-state index contributed by atoms with van der Waals surface area (Å²) in [6.45, 7) is 0. The van der Waals surface area contributed by atoms with E-state index in [-0.39, 0.29) is 5.56 Å². The van der Waals surface area contributed by atoms with Crippen LogP contribution in [0.25, 0.3) is 0 Å². The minimum atomic E-state index is -0.960. The molecule has 0 spiro atoms. The minimum absolute atomic E-state index is 0.260. The van der Waals surface area contributed by atoms with Gasteiger partial charge in [0.15, 0.2) is 0 Å². The Morgan fingerprint density at radius 1 is 1.19 bits per heavy atom. The summed E-state index contributed by atoms with van der Waals surface area (Å²) < 4.78 is 0. The lowest BCUT2D eigenvalue weighted by Gasteiger charge is -2.09. The van der Waals surface area contributed by atoms with E-state index in [1.807, 2.05) is 12.1 Å². The second kappa shape index (κ2) is 6.90. The van der Waals surface area contributed by atoms with Crippen molar-refractivity contribution in [2.75, 3.05) is 7.11 Å². The number of rotatable bonds is 5. The number of benzene rings is 2. The summed E-state index contributed by atoms with van der Waals surface area (Å²) in [7, 11) is 1.46. The number of hydrogen-bond donors (Lipinski definition) is 1. The number of nitrogens with zero attached hydrogens (tertiary/aromatic N) is 1. The average Bonchev–Trinajstić information content (AvgIpc) is 2.48. The van der Waals surface area contributed by atoms with Crippen LogP contribution in [0.1, 0.15) is 21.5 Å². The van der Waals surface area contributed by atoms with Gasteiger partial charge in [-0.25, -0.2) is 4.79 Å². The summed E-state index contributed by atoms with van der Waals surface area (Å²) in [4.78, 5) is 16.1. The number of carboxylic acid groups (broad SMARTS) is 1. The van der Waals surface area contributed by atoms with Crippen LogP contribution in [-0.2, 0) is 11.3 Å². The van der Waals surface area contributed by atoms with Crippen LogP contribution in [-0.4, -0.2) is 23.9 Å². The number of oxime groups is 1. The maximum atomic E-state index is 11.3. The molecule has 1 N–H and O–H groups in total. The average molecular weight is 304 g/mol. The number of halogens is 1. The number of hydrogen-bond acceptors (Lipinski definition) is 3. The molecule has 2 aromatic carbocycles. The van der Waals surface area contributed by atoms with Gasteiger partial charge in [0, 0.05) is 11.4 Å². The van der Waals surface area contributed by atoms with Crippen molar-refractivity contribution < 1.29 is 14.7 Å². The summed E-state index contributed by atoms with van der Waals surface area (Å²) in [6, 6.07) is 14.0. The lowest BCUT2D eigenvalue weighted by Crippen LogP contribution is -2.10. The normalized spacial score (nSPS) is 11.2. The first kappa shape index (κ1) is 15.1. The largest absolute Gasteiger partial charge is 0.478 e. The van der Waals surface area contributed by atoms with E-state index < -0.39 is 5.97 Å². The van der Waals surface area contributed by atoms with Crippen LogP contribution in [0.4, 0.5) is 0 Å². The molecule has 0 amide bonds. The van der Waals surface area contributed by atoms with Crippen molar-refractivity contribution in [3.05, 3.63) is 70.2 Å². The first-order chi connectivity index (χ1) is 10.1. The first-order valence-corrected chi connectivity index (χ1v) is 6.66. The second-order valence-corrected chi connectivity index (χ2v) is 4.80. The zero-order valence-corrected chi connectivity index (χ0v) is 12.2. The highest BCUT2D eigenvalue weighted by atomic mass is 35.5. The third-order valence-corrected chi connectivity index (χ3v) is 3.24. The molecule has 21 heavy (non-hydrogen) atoms. The van der Waals surface area contributed by atoms with Crippen LogP contribution >= 0.6 is 11.6 Å². The molecule has 0 fully saturated rings. The molecule has 0 bridgehead atoms. The SMILES string of the molecule is CO/N=C(/Cc1ccccc1C(=O)O)c1ccc(Cl)cc1. The molecular weight excluding hydrogens is 290 g/mol. The standard InChI is InChI=1S/C16H14ClNO3/c1-21-18-15(11-6-8-13(17)9-7-11)10-12-4-2-3-5-14(12)16(19)20/h2-9H,10H2,1H3,(H,19,20)/b18-15-. The molecule has 0 saturated heterocycles. The van der Waals surface area contributed by atoms with Crippen LogP contribution < -0.4 is 0 Å². The minimum Gasteiger partial charge on any atom is -0.478 e. The third kappa shape index (κ3) is 3.83. The van der Waals surface area contributed by atoms with E-state index in [9.17, 15) is 9.90 Å². The van der Waals surface area contributed by atoms with Crippen molar-refractivity contribution in [3.63, 3.8) is 0 Å². The fraction of sp³-hybridized carbons (Fsp3) is 0.125. The predicted molar refractivity (Wildman–Crippen MR) is 82.1 cm³/mol. The molecular formula is C16H14ClNO3. The fourth-order valence-corrected chi connectivity index (χ4v) is 2.13. The Morgan fingerprint density at radius 2 is 1.86 bits per heavy atom. The van der Waals surface area contributed by atoms with E-state index in [1.54, 1.807) is 36.4 Å². The zero-order valence-electron chi connectivity index (χ0n) is 11.4. The molecule has 2 aromatic rings. The molecule has 0 aliphatic rings. The van der Waals surface area contributed by atoms with Crippen LogP contribution in [0.2, 0.25) is 5.02 Å². The van der Waals surface area contributed by atoms with Crippen LogP contribution in [0, 0.1) is 0 Å². The van der Waals surface area contributed by atoms with Gasteiger partial charge < -0.3 is 9.94 Å². The Balaban J connectivity index is 2.36. The highest BCUT2D eigenvalue weighted by molar-refractivity contribution is 6.30. The summed E-state index contributed by atoms with van der Waals surface area (Å²) in [5, 5.41) is 13.9. The van der Waals surface area contributed by atoms with Crippen molar-refractivity contribution in [1.82, 2.24) is 0 Å². The highest BCUT2D eigenvalue weighted by Gasteiger charge is 2.13. The Kier molecular flexibility index (Phi) is 4.95. The molecule has 0 radical (unpaired) electrons. The van der Waals surface area contributed by atoms with E-state index in [4.69, 9.17) is 16.4 Å². The van der Waals surface area contributed by atoms with Gasteiger partial charge in [-0.2, -0.15) is 0 Å². The van der Waals surface area contributed by atoms with E-state index in [0.29, 0.717) is 22.7 Å². The van der Waals surface area contributed by atoms with E-state index in [1.165, 1.54) is 7.11 Å². The number of carbonyl (C=O) groups is 1. The number of carboxylic acids is 1. The third-order valence-electron chi connectivity index (χ3n) is 2.98. The van der Waals surface area contributed by atoms with Crippen LogP contribution in [0.3, 0.4) is 0 Å². The fourth-order valence-electron chi connectivity index (χ4n) is 2.00. The summed E-state index contributed by atoms with van der Waals surface area (Å²) in [5.41, 5.74) is 2.41. The molecule has 0 atom stereocenters. The Morgan fingerprint density at radius 3 is 2.48 bits per heavy atom. The Bertz CT molecular complexity index is 665. The van der Waals surface area contributed by atoms with E-state index in [2.05, 4.69) is 5.16 Å². The lowest BCUT2D eigenvalue weighted by atomic mass is 9.98. The summed E-state index contributed by atoms with van der Waals surface area (Å²) in [5.74, 6) is -0.960. The first-order valence-electron chi connectivity index (χ1n) is 6.29. The molecule has 4 nitrogen and oxygen atoms in total. The molecule has 0 heterocycles. The van der Waals surface area contributed by atoms with Gasteiger partial charge in [0.25, 0.3) is 0 Å². The van der Waals surface area contributed by atoms with Gasteiger partial charge in [-0.3, -0.25) is 0 Å². The molecule has 0 unspecified atom stereocenters. The van der Waals surface area contributed by atoms with Gasteiger partial charge in [0.05, 0.1) is 11.3 Å². The van der Waals surface area contributed by atoms with Gasteiger partial charge in [0.2, 0.25) is 0 Å². The molecule has 0 aliphatic heterocycles. The van der Waals surface area contributed by atoms with Crippen molar-refractivity contribution in [3.8, 4) is 0 Å². The monoisotopic (exact) mass is 303 g/mol. The van der Waals surface area contributed by atoms with Crippen LogP contribution in [0.5, 0.6) is 0 Å². The van der Waals surface area contributed by atoms with Crippen molar-refractivity contribution in [2.45, 2.75) is 6.42 Å². The van der Waals surface area contributed by atoms with Crippen molar-refractivity contribution in [2.24, 2.45) is 5.16 Å². The summed E-state index contributed by atoms with van der Waals surface area (Å²) >= 11 is 5.87. The summed E-state index contributed by atoms with van der Waals surface area (Å²) in [6.07, 6.45) is 0.359. The van der Waals surface area contributed by atoms with Gasteiger partial charge >= 0.3 is 5.97 Å². The Labute approximate surface area is 127 Å². The van der Waals surface area contributed by atoms with Gasteiger partial charge in [-0.05, 0) is 29.3 Å².